The van der Waals surface area contributed by atoms with Crippen molar-refractivity contribution < 1.29 is 0 Å². The van der Waals surface area contributed by atoms with Gasteiger partial charge in [-0.3, -0.25) is 0 Å². The van der Waals surface area contributed by atoms with E-state index in [0.717, 1.165) is 0 Å². The molecule has 0 amide bonds. The van der Waals surface area contributed by atoms with Gasteiger partial charge in [0.2, 0.25) is 0 Å². The molecule has 0 aliphatic heterocycles. The Morgan fingerprint density at radius 1 is 1.30 bits per heavy atom. The zero-order valence-corrected chi connectivity index (χ0v) is 6.65. The molecule has 3 nitrogen and oxygen atoms in total. The molecule has 0 aliphatic rings. The summed E-state index contributed by atoms with van der Waals surface area (Å²) >= 11 is 0. The highest BCUT2D eigenvalue weighted by molar-refractivity contribution is 7.20. The van der Waals surface area contributed by atoms with Crippen molar-refractivity contribution in [2.45, 2.75) is 12.1 Å². The fourth-order valence-corrected chi connectivity index (χ4v) is 0.395. The molecule has 10 heavy (non-hydrogen) atoms. The van der Waals surface area contributed by atoms with Crippen LogP contribution in [-0.2, 0) is 0 Å². The van der Waals surface area contributed by atoms with E-state index < -0.39 is 11.1 Å². The molecule has 0 aliphatic carbocycles. The molecule has 4 heteroatoms. The van der Waals surface area contributed by atoms with Crippen LogP contribution < -0.4 is 0 Å². The average molecular weight is 151 g/mol. The van der Waals surface area contributed by atoms with Crippen molar-refractivity contribution in [1.82, 2.24) is 0 Å². The van der Waals surface area contributed by atoms with Crippen molar-refractivity contribution in [2.24, 2.45) is 5.92 Å². The van der Waals surface area contributed by atoms with Gasteiger partial charge in [0.05, 0.1) is 24.1 Å². The number of nitriles is 3. The summed E-state index contributed by atoms with van der Waals surface area (Å²) in [4.78, 5) is 0. The van der Waals surface area contributed by atoms with Crippen LogP contribution in [0.2, 0.25) is 0 Å². The van der Waals surface area contributed by atoms with E-state index in [2.05, 4.69) is 9.24 Å². The quantitative estimate of drug-likeness (QED) is 0.520. The highest BCUT2D eigenvalue weighted by Gasteiger charge is 2.31. The molecule has 0 rings (SSSR count). The number of rotatable bonds is 1. The standard InChI is InChI=1S/C6H6N3P/c1-5(2-7)6(10,3-8)4-9/h5H,10H2,1H3. The minimum Gasteiger partial charge on any atom is -0.198 e. The number of nitrogens with zero attached hydrogens (tertiary/aromatic N) is 3. The molecule has 0 heterocycles. The highest BCUT2D eigenvalue weighted by Crippen LogP contribution is 2.25. The second-order valence-electron chi connectivity index (χ2n) is 1.94. The molecule has 0 N–H and O–H groups in total. The Labute approximate surface area is 62.1 Å². The van der Waals surface area contributed by atoms with Gasteiger partial charge in [-0.2, -0.15) is 15.8 Å². The van der Waals surface area contributed by atoms with Crippen LogP contribution in [0.25, 0.3) is 0 Å². The summed E-state index contributed by atoms with van der Waals surface area (Å²) in [6.07, 6.45) is 0. The molecule has 0 aromatic heterocycles. The lowest BCUT2D eigenvalue weighted by atomic mass is 9.97. The van der Waals surface area contributed by atoms with Crippen LogP contribution in [0.3, 0.4) is 0 Å². The third-order valence-electron chi connectivity index (χ3n) is 1.25. The van der Waals surface area contributed by atoms with Crippen LogP contribution >= 0.6 is 9.24 Å². The minimum absolute atomic E-state index is 0.576. The number of hydrogen-bond donors (Lipinski definition) is 0. The Bertz CT molecular complexity index is 225. The molecule has 0 fully saturated rings. The molecule has 0 spiro atoms. The predicted molar refractivity (Wildman–Crippen MR) is 38.4 cm³/mol. The van der Waals surface area contributed by atoms with Gasteiger partial charge in [-0.25, -0.2) is 0 Å². The fraction of sp³-hybridized carbons (Fsp3) is 0.500. The predicted octanol–water partition coefficient (Wildman–Crippen LogP) is 0.807. The Balaban J connectivity index is 4.62. The second-order valence-corrected chi connectivity index (χ2v) is 2.85. The van der Waals surface area contributed by atoms with E-state index in [0.29, 0.717) is 0 Å². The van der Waals surface area contributed by atoms with Crippen LogP contribution in [0, 0.1) is 39.9 Å². The lowest BCUT2D eigenvalue weighted by Gasteiger charge is -2.12. The maximum Gasteiger partial charge on any atom is 0.171 e. The molecule has 0 radical (unpaired) electrons. The van der Waals surface area contributed by atoms with Gasteiger partial charge < -0.3 is 0 Å². The maximum atomic E-state index is 8.44. The zero-order valence-electron chi connectivity index (χ0n) is 5.50. The van der Waals surface area contributed by atoms with Crippen molar-refractivity contribution >= 4 is 9.24 Å². The van der Waals surface area contributed by atoms with Gasteiger partial charge in [-0.15, -0.1) is 0 Å². The molecular formula is C6H6N3P. The smallest absolute Gasteiger partial charge is 0.171 e. The monoisotopic (exact) mass is 151 g/mol. The Morgan fingerprint density at radius 2 is 1.70 bits per heavy atom. The van der Waals surface area contributed by atoms with E-state index >= 15 is 0 Å². The summed E-state index contributed by atoms with van der Waals surface area (Å²) in [5.41, 5.74) is 0. The molecule has 0 saturated heterocycles. The summed E-state index contributed by atoms with van der Waals surface area (Å²) < 4.78 is 0. The van der Waals surface area contributed by atoms with Gasteiger partial charge in [0, 0.05) is 0 Å². The Hall–Kier alpha value is -1.10. The zero-order chi connectivity index (χ0) is 8.20. The maximum absolute atomic E-state index is 8.44. The Kier molecular flexibility index (Phi) is 2.82. The topological polar surface area (TPSA) is 71.4 Å². The van der Waals surface area contributed by atoms with Gasteiger partial charge in [0.15, 0.2) is 5.16 Å². The largest absolute Gasteiger partial charge is 0.198 e. The van der Waals surface area contributed by atoms with Crippen LogP contribution in [0.1, 0.15) is 6.92 Å². The molecule has 0 aromatic rings. The first-order valence-electron chi connectivity index (χ1n) is 2.61. The van der Waals surface area contributed by atoms with E-state index in [1.54, 1.807) is 19.1 Å². The first-order chi connectivity index (χ1) is 4.60. The molecule has 0 saturated carbocycles. The van der Waals surface area contributed by atoms with Crippen LogP contribution in [0.5, 0.6) is 0 Å². The number of hydrogen-bond acceptors (Lipinski definition) is 3. The van der Waals surface area contributed by atoms with Crippen LogP contribution in [0.4, 0.5) is 0 Å². The van der Waals surface area contributed by atoms with E-state index in [-0.39, 0.29) is 0 Å². The molecule has 0 aromatic carbocycles. The molecule has 2 atom stereocenters. The van der Waals surface area contributed by atoms with Gasteiger partial charge >= 0.3 is 0 Å². The van der Waals surface area contributed by atoms with Crippen molar-refractivity contribution in [3.05, 3.63) is 0 Å². The van der Waals surface area contributed by atoms with Gasteiger partial charge in [0.1, 0.15) is 0 Å². The van der Waals surface area contributed by atoms with Crippen molar-refractivity contribution in [1.29, 1.82) is 15.8 Å². The van der Waals surface area contributed by atoms with E-state index in [4.69, 9.17) is 15.8 Å². The third-order valence-corrected chi connectivity index (χ3v) is 2.00. The summed E-state index contributed by atoms with van der Waals surface area (Å²) in [5, 5.41) is 24.0. The lowest BCUT2D eigenvalue weighted by Crippen LogP contribution is -2.23. The summed E-state index contributed by atoms with van der Waals surface area (Å²) in [5.74, 6) is -0.576. The molecular weight excluding hydrogens is 145 g/mol. The van der Waals surface area contributed by atoms with Crippen LogP contribution in [-0.4, -0.2) is 5.16 Å². The van der Waals surface area contributed by atoms with Crippen molar-refractivity contribution in [2.75, 3.05) is 0 Å². The van der Waals surface area contributed by atoms with Gasteiger partial charge in [-0.1, -0.05) is 9.24 Å². The second kappa shape index (κ2) is 3.17. The average Bonchev–Trinajstić information content (AvgIpc) is 2.01. The van der Waals surface area contributed by atoms with E-state index in [9.17, 15) is 0 Å². The first-order valence-corrected chi connectivity index (χ1v) is 3.19. The minimum atomic E-state index is -1.24. The van der Waals surface area contributed by atoms with Crippen LogP contribution in [0.15, 0.2) is 0 Å². The normalized spacial score (nSPS) is 12.3. The molecule has 0 bridgehead atoms. The van der Waals surface area contributed by atoms with Crippen molar-refractivity contribution in [3.8, 4) is 18.2 Å². The van der Waals surface area contributed by atoms with E-state index in [1.165, 1.54) is 0 Å². The SMILES string of the molecule is CC(C#N)C(P)(C#N)C#N. The highest BCUT2D eigenvalue weighted by atomic mass is 31.0. The van der Waals surface area contributed by atoms with Gasteiger partial charge in [-0.05, 0) is 6.92 Å². The van der Waals surface area contributed by atoms with Gasteiger partial charge in [0.25, 0.3) is 0 Å². The summed E-state index contributed by atoms with van der Waals surface area (Å²) in [7, 11) is 2.08. The van der Waals surface area contributed by atoms with E-state index in [1.807, 2.05) is 6.07 Å². The third kappa shape index (κ3) is 1.44. The first kappa shape index (κ1) is 8.90. The van der Waals surface area contributed by atoms with Crippen molar-refractivity contribution in [3.63, 3.8) is 0 Å². The molecule has 50 valence electrons. The molecule has 2 unspecified atom stereocenters. The lowest BCUT2D eigenvalue weighted by molar-refractivity contribution is 0.691. The summed E-state index contributed by atoms with van der Waals surface area (Å²) in [6, 6.07) is 5.36. The Morgan fingerprint density at radius 3 is 1.80 bits per heavy atom. The fourth-order valence-electron chi connectivity index (χ4n) is 0.320. The summed E-state index contributed by atoms with van der Waals surface area (Å²) in [6.45, 7) is 1.54.